The van der Waals surface area contributed by atoms with E-state index in [4.69, 9.17) is 10.5 Å². The summed E-state index contributed by atoms with van der Waals surface area (Å²) in [7, 11) is 0. The van der Waals surface area contributed by atoms with Gasteiger partial charge in [-0.25, -0.2) is 4.79 Å². The highest BCUT2D eigenvalue weighted by molar-refractivity contribution is 5.87. The molecule has 0 heterocycles. The van der Waals surface area contributed by atoms with Crippen molar-refractivity contribution in [1.29, 1.82) is 0 Å². The molecule has 8 heteroatoms. The molecule has 0 saturated carbocycles. The minimum atomic E-state index is -0.822. The van der Waals surface area contributed by atoms with Crippen molar-refractivity contribution in [2.24, 2.45) is 5.73 Å². The SMILES string of the molecule is CC(=O)CC[C@@H](NC(=O)CCCCCNC(=O)OCc1ccccc1)C(N)=O. The Bertz CT molecular complexity index is 649. The Labute approximate surface area is 165 Å². The molecule has 1 rings (SSSR count). The number of nitrogens with two attached hydrogens (primary N) is 1. The summed E-state index contributed by atoms with van der Waals surface area (Å²) >= 11 is 0. The molecular weight excluding hydrogens is 362 g/mol. The minimum Gasteiger partial charge on any atom is -0.445 e. The first-order chi connectivity index (χ1) is 13.4. The van der Waals surface area contributed by atoms with E-state index in [1.165, 1.54) is 6.92 Å². The number of primary amides is 1. The number of ether oxygens (including phenoxy) is 1. The zero-order valence-electron chi connectivity index (χ0n) is 16.2. The molecule has 1 aromatic rings. The lowest BCUT2D eigenvalue weighted by Crippen LogP contribution is -2.44. The molecule has 0 unspecified atom stereocenters. The lowest BCUT2D eigenvalue weighted by Gasteiger charge is -2.14. The first-order valence-corrected chi connectivity index (χ1v) is 9.41. The number of carbonyl (C=O) groups is 4. The molecule has 154 valence electrons. The molecule has 0 aromatic heterocycles. The molecule has 0 spiro atoms. The molecule has 0 saturated heterocycles. The Morgan fingerprint density at radius 3 is 2.39 bits per heavy atom. The number of hydrogen-bond acceptors (Lipinski definition) is 5. The Balaban J connectivity index is 2.09. The number of hydrogen-bond donors (Lipinski definition) is 3. The third-order valence-corrected chi connectivity index (χ3v) is 4.03. The number of Topliss-reactive ketones (excluding diaryl/α,β-unsaturated/α-hetero) is 1. The van der Waals surface area contributed by atoms with Gasteiger partial charge in [0, 0.05) is 19.4 Å². The van der Waals surface area contributed by atoms with E-state index in [9.17, 15) is 19.2 Å². The Morgan fingerprint density at radius 2 is 1.75 bits per heavy atom. The predicted molar refractivity (Wildman–Crippen MR) is 104 cm³/mol. The summed E-state index contributed by atoms with van der Waals surface area (Å²) in [5.41, 5.74) is 6.16. The van der Waals surface area contributed by atoms with E-state index in [2.05, 4.69) is 10.6 Å². The van der Waals surface area contributed by atoms with Crippen LogP contribution >= 0.6 is 0 Å². The second-order valence-corrected chi connectivity index (χ2v) is 6.56. The molecule has 0 radical (unpaired) electrons. The van der Waals surface area contributed by atoms with Crippen molar-refractivity contribution in [2.45, 2.75) is 58.1 Å². The van der Waals surface area contributed by atoms with Crippen molar-refractivity contribution in [2.75, 3.05) is 6.54 Å². The van der Waals surface area contributed by atoms with Crippen LogP contribution in [0, 0.1) is 0 Å². The number of carbonyl (C=O) groups excluding carboxylic acids is 4. The maximum Gasteiger partial charge on any atom is 0.407 e. The van der Waals surface area contributed by atoms with Crippen LogP contribution < -0.4 is 16.4 Å². The minimum absolute atomic E-state index is 0.0599. The third kappa shape index (κ3) is 10.9. The van der Waals surface area contributed by atoms with Crippen LogP contribution in [-0.4, -0.2) is 36.3 Å². The molecule has 1 atom stereocenters. The van der Waals surface area contributed by atoms with Crippen LogP contribution in [0.25, 0.3) is 0 Å². The average molecular weight is 391 g/mol. The number of benzene rings is 1. The zero-order valence-corrected chi connectivity index (χ0v) is 16.2. The van der Waals surface area contributed by atoms with Gasteiger partial charge in [-0.2, -0.15) is 0 Å². The smallest absolute Gasteiger partial charge is 0.407 e. The number of rotatable bonds is 13. The van der Waals surface area contributed by atoms with Crippen LogP contribution in [0.15, 0.2) is 30.3 Å². The first kappa shape index (κ1) is 23.1. The van der Waals surface area contributed by atoms with Crippen molar-refractivity contribution in [3.05, 3.63) is 35.9 Å². The van der Waals surface area contributed by atoms with Gasteiger partial charge in [0.25, 0.3) is 0 Å². The summed E-state index contributed by atoms with van der Waals surface area (Å²) in [6, 6.07) is 8.58. The predicted octanol–water partition coefficient (Wildman–Crippen LogP) is 1.81. The number of amides is 3. The number of unbranched alkanes of at least 4 members (excludes halogenated alkanes) is 2. The van der Waals surface area contributed by atoms with Gasteiger partial charge in [0.05, 0.1) is 0 Å². The molecule has 4 N–H and O–H groups in total. The highest BCUT2D eigenvalue weighted by Gasteiger charge is 2.18. The molecule has 0 aliphatic carbocycles. The normalized spacial score (nSPS) is 11.3. The van der Waals surface area contributed by atoms with Crippen LogP contribution in [0.3, 0.4) is 0 Å². The van der Waals surface area contributed by atoms with E-state index < -0.39 is 18.0 Å². The number of nitrogens with one attached hydrogen (secondary N) is 2. The fourth-order valence-corrected chi connectivity index (χ4v) is 2.45. The van der Waals surface area contributed by atoms with Crippen molar-refractivity contribution < 1.29 is 23.9 Å². The second kappa shape index (κ2) is 13.3. The fraction of sp³-hybridized carbons (Fsp3) is 0.500. The largest absolute Gasteiger partial charge is 0.445 e. The quantitative estimate of drug-likeness (QED) is 0.442. The van der Waals surface area contributed by atoms with Gasteiger partial charge in [-0.3, -0.25) is 9.59 Å². The van der Waals surface area contributed by atoms with E-state index in [1.54, 1.807) is 0 Å². The van der Waals surface area contributed by atoms with Gasteiger partial charge in [0.1, 0.15) is 18.4 Å². The molecule has 3 amide bonds. The van der Waals surface area contributed by atoms with Gasteiger partial charge in [0.2, 0.25) is 11.8 Å². The fourth-order valence-electron chi connectivity index (χ4n) is 2.45. The molecule has 0 bridgehead atoms. The maximum atomic E-state index is 11.9. The first-order valence-electron chi connectivity index (χ1n) is 9.41. The summed E-state index contributed by atoms with van der Waals surface area (Å²) in [5.74, 6) is -0.981. The van der Waals surface area contributed by atoms with E-state index in [0.717, 1.165) is 12.0 Å². The molecule has 0 aliphatic rings. The van der Waals surface area contributed by atoms with Crippen molar-refractivity contribution in [3.8, 4) is 0 Å². The monoisotopic (exact) mass is 391 g/mol. The molecule has 28 heavy (non-hydrogen) atoms. The summed E-state index contributed by atoms with van der Waals surface area (Å²) in [5, 5.41) is 5.22. The van der Waals surface area contributed by atoms with Crippen LogP contribution in [0.5, 0.6) is 0 Å². The maximum absolute atomic E-state index is 11.9. The Kier molecular flexibility index (Phi) is 11.0. The van der Waals surface area contributed by atoms with Gasteiger partial charge in [0.15, 0.2) is 0 Å². The molecule has 0 fully saturated rings. The lowest BCUT2D eigenvalue weighted by molar-refractivity contribution is -0.128. The Morgan fingerprint density at radius 1 is 1.04 bits per heavy atom. The standard InChI is InChI=1S/C20H29N3O5/c1-15(24)11-12-17(19(21)26)23-18(25)10-6-3-7-13-22-20(27)28-14-16-8-4-2-5-9-16/h2,4-5,8-9,17H,3,6-7,10-14H2,1H3,(H2,21,26)(H,22,27)(H,23,25)/t17-/m1/s1. The van der Waals surface area contributed by atoms with Gasteiger partial charge in [-0.15, -0.1) is 0 Å². The summed E-state index contributed by atoms with van der Waals surface area (Å²) in [6.45, 7) is 2.10. The topological polar surface area (TPSA) is 128 Å². The Hall–Kier alpha value is -2.90. The summed E-state index contributed by atoms with van der Waals surface area (Å²) < 4.78 is 5.10. The van der Waals surface area contributed by atoms with E-state index >= 15 is 0 Å². The highest BCUT2D eigenvalue weighted by Crippen LogP contribution is 2.03. The molecular formula is C20H29N3O5. The van der Waals surface area contributed by atoms with Crippen LogP contribution in [0.1, 0.15) is 51.0 Å². The summed E-state index contributed by atoms with van der Waals surface area (Å²) in [4.78, 5) is 45.8. The number of ketones is 1. The number of alkyl carbamates (subject to hydrolysis) is 1. The zero-order chi connectivity index (χ0) is 20.8. The van der Waals surface area contributed by atoms with Gasteiger partial charge in [-0.1, -0.05) is 36.8 Å². The highest BCUT2D eigenvalue weighted by atomic mass is 16.5. The van der Waals surface area contributed by atoms with E-state index in [-0.39, 0.29) is 37.6 Å². The van der Waals surface area contributed by atoms with Crippen LogP contribution in [0.2, 0.25) is 0 Å². The van der Waals surface area contributed by atoms with Crippen molar-refractivity contribution >= 4 is 23.7 Å². The van der Waals surface area contributed by atoms with E-state index in [0.29, 0.717) is 19.4 Å². The van der Waals surface area contributed by atoms with Crippen molar-refractivity contribution in [3.63, 3.8) is 0 Å². The molecule has 8 nitrogen and oxygen atoms in total. The van der Waals surface area contributed by atoms with Gasteiger partial charge in [-0.05, 0) is 31.7 Å². The van der Waals surface area contributed by atoms with Crippen LogP contribution in [-0.2, 0) is 25.7 Å². The molecule has 0 aliphatic heterocycles. The van der Waals surface area contributed by atoms with Gasteiger partial charge < -0.3 is 25.9 Å². The van der Waals surface area contributed by atoms with Crippen LogP contribution in [0.4, 0.5) is 4.79 Å². The lowest BCUT2D eigenvalue weighted by atomic mass is 10.1. The van der Waals surface area contributed by atoms with Crippen molar-refractivity contribution in [1.82, 2.24) is 10.6 Å². The third-order valence-electron chi connectivity index (χ3n) is 4.03. The molecule has 1 aromatic carbocycles. The second-order valence-electron chi connectivity index (χ2n) is 6.56. The average Bonchev–Trinajstić information content (AvgIpc) is 2.66. The van der Waals surface area contributed by atoms with Gasteiger partial charge >= 0.3 is 6.09 Å². The van der Waals surface area contributed by atoms with E-state index in [1.807, 2.05) is 30.3 Å². The summed E-state index contributed by atoms with van der Waals surface area (Å²) in [6.07, 6.45) is 2.24.